The van der Waals surface area contributed by atoms with Crippen LogP contribution in [0.25, 0.3) is 0 Å². The number of nitrogens with one attached hydrogen (secondary N) is 1. The average molecular weight is 315 g/mol. The Morgan fingerprint density at radius 3 is 2.87 bits per heavy atom. The summed E-state index contributed by atoms with van der Waals surface area (Å²) < 4.78 is 5.33. The smallest absolute Gasteiger partial charge is 0.269 e. The van der Waals surface area contributed by atoms with Crippen LogP contribution in [0.4, 0.5) is 17.3 Å². The fourth-order valence-corrected chi connectivity index (χ4v) is 2.38. The molecule has 1 aliphatic heterocycles. The van der Waals surface area contributed by atoms with Crippen molar-refractivity contribution in [2.45, 2.75) is 6.54 Å². The summed E-state index contributed by atoms with van der Waals surface area (Å²) in [6.07, 6.45) is 1.51. The van der Waals surface area contributed by atoms with Crippen molar-refractivity contribution in [3.8, 4) is 0 Å². The lowest BCUT2D eigenvalue weighted by molar-refractivity contribution is -0.384. The van der Waals surface area contributed by atoms with Gasteiger partial charge in [0.25, 0.3) is 5.69 Å². The highest BCUT2D eigenvalue weighted by Gasteiger charge is 2.13. The molecule has 1 aliphatic rings. The van der Waals surface area contributed by atoms with Gasteiger partial charge in [-0.25, -0.2) is 9.97 Å². The molecule has 120 valence electrons. The van der Waals surface area contributed by atoms with Gasteiger partial charge in [-0.05, 0) is 5.56 Å². The van der Waals surface area contributed by atoms with E-state index < -0.39 is 4.92 Å². The number of aromatic nitrogens is 2. The Hall–Kier alpha value is -2.74. The monoisotopic (exact) mass is 315 g/mol. The molecule has 0 unspecified atom stereocenters. The first kappa shape index (κ1) is 15.2. The van der Waals surface area contributed by atoms with Gasteiger partial charge in [0.2, 0.25) is 0 Å². The zero-order valence-electron chi connectivity index (χ0n) is 12.5. The molecule has 1 saturated heterocycles. The molecule has 23 heavy (non-hydrogen) atoms. The van der Waals surface area contributed by atoms with Gasteiger partial charge in [-0.1, -0.05) is 12.1 Å². The third kappa shape index (κ3) is 3.92. The number of nitro groups is 1. The van der Waals surface area contributed by atoms with Gasteiger partial charge in [0.15, 0.2) is 0 Å². The average Bonchev–Trinajstić information content (AvgIpc) is 2.61. The SMILES string of the molecule is O=[N+]([O-])c1cccc(CNc2cc(N3CCOCC3)ncn2)c1. The summed E-state index contributed by atoms with van der Waals surface area (Å²) in [5.41, 5.74) is 0.909. The first-order valence-corrected chi connectivity index (χ1v) is 7.34. The number of rotatable bonds is 5. The molecule has 2 aromatic rings. The molecule has 3 rings (SSSR count). The Kier molecular flexibility index (Phi) is 4.62. The summed E-state index contributed by atoms with van der Waals surface area (Å²) in [7, 11) is 0. The molecular formula is C15H17N5O3. The summed E-state index contributed by atoms with van der Waals surface area (Å²) in [5.74, 6) is 1.54. The van der Waals surface area contributed by atoms with E-state index in [1.807, 2.05) is 12.1 Å². The minimum Gasteiger partial charge on any atom is -0.378 e. The molecule has 8 heteroatoms. The van der Waals surface area contributed by atoms with Crippen LogP contribution in [0, 0.1) is 10.1 Å². The predicted molar refractivity (Wildman–Crippen MR) is 85.5 cm³/mol. The molecule has 1 aromatic heterocycles. The Labute approximate surface area is 133 Å². The number of ether oxygens (including phenoxy) is 1. The second-order valence-corrected chi connectivity index (χ2v) is 5.14. The van der Waals surface area contributed by atoms with E-state index in [0.717, 1.165) is 24.5 Å². The largest absolute Gasteiger partial charge is 0.378 e. The highest BCUT2D eigenvalue weighted by atomic mass is 16.6. The van der Waals surface area contributed by atoms with Crippen LogP contribution in [0.3, 0.4) is 0 Å². The van der Waals surface area contributed by atoms with Crippen LogP contribution in [-0.2, 0) is 11.3 Å². The summed E-state index contributed by atoms with van der Waals surface area (Å²) in [5, 5.41) is 14.0. The molecule has 0 saturated carbocycles. The molecule has 2 heterocycles. The summed E-state index contributed by atoms with van der Waals surface area (Å²) in [4.78, 5) is 21.0. The van der Waals surface area contributed by atoms with Crippen molar-refractivity contribution < 1.29 is 9.66 Å². The van der Waals surface area contributed by atoms with Crippen molar-refractivity contribution in [2.24, 2.45) is 0 Å². The third-order valence-corrected chi connectivity index (χ3v) is 3.58. The van der Waals surface area contributed by atoms with Gasteiger partial charge in [0.05, 0.1) is 18.1 Å². The molecule has 0 aliphatic carbocycles. The van der Waals surface area contributed by atoms with Crippen molar-refractivity contribution >= 4 is 17.3 Å². The first-order valence-electron chi connectivity index (χ1n) is 7.34. The number of benzene rings is 1. The molecule has 1 fully saturated rings. The lowest BCUT2D eigenvalue weighted by Crippen LogP contribution is -2.36. The topological polar surface area (TPSA) is 93.4 Å². The maximum Gasteiger partial charge on any atom is 0.269 e. The van der Waals surface area contributed by atoms with Crippen LogP contribution >= 0.6 is 0 Å². The zero-order valence-corrected chi connectivity index (χ0v) is 12.5. The molecule has 0 atom stereocenters. The van der Waals surface area contributed by atoms with E-state index in [2.05, 4.69) is 20.2 Å². The van der Waals surface area contributed by atoms with Gasteiger partial charge >= 0.3 is 0 Å². The second kappa shape index (κ2) is 7.01. The van der Waals surface area contributed by atoms with Crippen LogP contribution < -0.4 is 10.2 Å². The molecular weight excluding hydrogens is 298 g/mol. The van der Waals surface area contributed by atoms with E-state index in [1.54, 1.807) is 12.1 Å². The van der Waals surface area contributed by atoms with E-state index in [-0.39, 0.29) is 5.69 Å². The Bertz CT molecular complexity index is 688. The van der Waals surface area contributed by atoms with E-state index in [0.29, 0.717) is 25.6 Å². The number of anilines is 2. The minimum absolute atomic E-state index is 0.0843. The maximum atomic E-state index is 10.8. The summed E-state index contributed by atoms with van der Waals surface area (Å²) >= 11 is 0. The lowest BCUT2D eigenvalue weighted by atomic mass is 10.2. The number of non-ortho nitro benzene ring substituents is 1. The summed E-state index contributed by atoms with van der Waals surface area (Å²) in [6, 6.07) is 8.42. The van der Waals surface area contributed by atoms with Crippen molar-refractivity contribution in [3.63, 3.8) is 0 Å². The number of nitrogens with zero attached hydrogens (tertiary/aromatic N) is 4. The van der Waals surface area contributed by atoms with Crippen molar-refractivity contribution in [2.75, 3.05) is 36.5 Å². The number of hydrogen-bond donors (Lipinski definition) is 1. The number of hydrogen-bond acceptors (Lipinski definition) is 7. The minimum atomic E-state index is -0.398. The van der Waals surface area contributed by atoms with Crippen LogP contribution in [0.5, 0.6) is 0 Å². The highest BCUT2D eigenvalue weighted by molar-refractivity contribution is 5.49. The zero-order chi connectivity index (χ0) is 16.1. The van der Waals surface area contributed by atoms with Gasteiger partial charge in [-0.15, -0.1) is 0 Å². The standard InChI is InChI=1S/C15H17N5O3/c21-20(22)13-3-1-2-12(8-13)10-16-14-9-15(18-11-17-14)19-4-6-23-7-5-19/h1-3,8-9,11H,4-7,10H2,(H,16,17,18). The molecule has 1 aromatic carbocycles. The number of nitro benzene ring substituents is 1. The van der Waals surface area contributed by atoms with Gasteiger partial charge in [0.1, 0.15) is 18.0 Å². The Morgan fingerprint density at radius 1 is 1.26 bits per heavy atom. The maximum absolute atomic E-state index is 10.8. The normalized spacial score (nSPS) is 14.5. The van der Waals surface area contributed by atoms with Gasteiger partial charge in [-0.2, -0.15) is 0 Å². The van der Waals surface area contributed by atoms with Crippen LogP contribution in [0.2, 0.25) is 0 Å². The summed E-state index contributed by atoms with van der Waals surface area (Å²) in [6.45, 7) is 3.46. The van der Waals surface area contributed by atoms with Gasteiger partial charge in [0, 0.05) is 37.8 Å². The Morgan fingerprint density at radius 2 is 2.09 bits per heavy atom. The van der Waals surface area contributed by atoms with Crippen molar-refractivity contribution in [3.05, 3.63) is 52.3 Å². The van der Waals surface area contributed by atoms with Crippen molar-refractivity contribution in [1.29, 1.82) is 0 Å². The van der Waals surface area contributed by atoms with Crippen LogP contribution in [-0.4, -0.2) is 41.2 Å². The van der Waals surface area contributed by atoms with Crippen LogP contribution in [0.15, 0.2) is 36.7 Å². The molecule has 8 nitrogen and oxygen atoms in total. The Balaban J connectivity index is 1.66. The quantitative estimate of drug-likeness (QED) is 0.664. The predicted octanol–water partition coefficient (Wildman–Crippen LogP) is 1.83. The number of morpholine rings is 1. The molecule has 0 amide bonds. The van der Waals surface area contributed by atoms with Gasteiger partial charge < -0.3 is 15.0 Å². The van der Waals surface area contributed by atoms with E-state index in [9.17, 15) is 10.1 Å². The molecule has 0 bridgehead atoms. The van der Waals surface area contributed by atoms with Gasteiger partial charge in [-0.3, -0.25) is 10.1 Å². The molecule has 0 radical (unpaired) electrons. The van der Waals surface area contributed by atoms with Crippen LogP contribution in [0.1, 0.15) is 5.56 Å². The fraction of sp³-hybridized carbons (Fsp3) is 0.333. The van der Waals surface area contributed by atoms with E-state index in [1.165, 1.54) is 12.4 Å². The fourth-order valence-electron chi connectivity index (χ4n) is 2.38. The third-order valence-electron chi connectivity index (χ3n) is 3.58. The molecule has 0 spiro atoms. The molecule has 1 N–H and O–H groups in total. The van der Waals surface area contributed by atoms with Crippen molar-refractivity contribution in [1.82, 2.24) is 9.97 Å². The second-order valence-electron chi connectivity index (χ2n) is 5.14. The van der Waals surface area contributed by atoms with E-state index >= 15 is 0 Å². The lowest BCUT2D eigenvalue weighted by Gasteiger charge is -2.27. The van der Waals surface area contributed by atoms with E-state index in [4.69, 9.17) is 4.74 Å². The highest BCUT2D eigenvalue weighted by Crippen LogP contribution is 2.17. The first-order chi connectivity index (χ1) is 11.2.